The highest BCUT2D eigenvalue weighted by Crippen LogP contribution is 2.30. The average molecular weight is 289 g/mol. The molecule has 1 heterocycles. The van der Waals surface area contributed by atoms with Crippen molar-refractivity contribution in [2.45, 2.75) is 13.2 Å². The molecular formula is C11H10Cl2N2O3. The van der Waals surface area contributed by atoms with Crippen LogP contribution in [0.5, 0.6) is 11.6 Å². The summed E-state index contributed by atoms with van der Waals surface area (Å²) in [5.41, 5.74) is 0.800. The molecule has 0 atom stereocenters. The number of rotatable bonds is 4. The maximum atomic E-state index is 9.20. The third kappa shape index (κ3) is 2.76. The molecule has 5 nitrogen and oxygen atoms in total. The molecule has 0 fully saturated rings. The summed E-state index contributed by atoms with van der Waals surface area (Å²) in [6, 6.07) is 4.72. The molecule has 0 saturated heterocycles. The summed E-state index contributed by atoms with van der Waals surface area (Å²) >= 11 is 11.7. The Labute approximate surface area is 113 Å². The molecule has 0 aliphatic carbocycles. The van der Waals surface area contributed by atoms with E-state index in [9.17, 15) is 5.11 Å². The van der Waals surface area contributed by atoms with Crippen LogP contribution in [0, 0.1) is 0 Å². The summed E-state index contributed by atoms with van der Waals surface area (Å²) in [5, 5.41) is 25.5. The van der Waals surface area contributed by atoms with E-state index >= 15 is 0 Å². The molecule has 0 bridgehead atoms. The lowest BCUT2D eigenvalue weighted by atomic mass is 10.2. The van der Waals surface area contributed by atoms with Crippen LogP contribution in [0.4, 0.5) is 0 Å². The molecule has 0 amide bonds. The van der Waals surface area contributed by atoms with Gasteiger partial charge in [0.15, 0.2) is 0 Å². The number of aliphatic hydroxyl groups excluding tert-OH is 2. The van der Waals surface area contributed by atoms with Gasteiger partial charge in [-0.1, -0.05) is 23.2 Å². The molecule has 1 aromatic heterocycles. The van der Waals surface area contributed by atoms with E-state index in [-0.39, 0.29) is 19.1 Å². The fraction of sp³-hybridized carbons (Fsp3) is 0.182. The lowest BCUT2D eigenvalue weighted by Crippen LogP contribution is -1.93. The molecule has 1 aromatic carbocycles. The number of aromatic nitrogens is 2. The minimum Gasteiger partial charge on any atom is -0.437 e. The van der Waals surface area contributed by atoms with Gasteiger partial charge in [-0.15, -0.1) is 5.10 Å². The van der Waals surface area contributed by atoms with Crippen LogP contribution >= 0.6 is 23.2 Å². The van der Waals surface area contributed by atoms with Crippen molar-refractivity contribution in [2.24, 2.45) is 0 Å². The summed E-state index contributed by atoms with van der Waals surface area (Å²) in [6.45, 7) is -0.557. The second-order valence-electron chi connectivity index (χ2n) is 3.51. The number of aromatic amines is 1. The first-order valence-corrected chi connectivity index (χ1v) is 5.81. The molecular weight excluding hydrogens is 279 g/mol. The fourth-order valence-electron chi connectivity index (χ4n) is 1.46. The van der Waals surface area contributed by atoms with Crippen molar-refractivity contribution >= 4 is 23.2 Å². The summed E-state index contributed by atoms with van der Waals surface area (Å²) in [4.78, 5) is 0. The van der Waals surface area contributed by atoms with Crippen molar-refractivity contribution in [3.8, 4) is 11.6 Å². The van der Waals surface area contributed by atoms with Gasteiger partial charge in [-0.25, -0.2) is 0 Å². The van der Waals surface area contributed by atoms with Gasteiger partial charge in [-0.3, -0.25) is 5.10 Å². The molecule has 0 saturated carbocycles. The van der Waals surface area contributed by atoms with E-state index in [0.717, 1.165) is 0 Å². The number of halogens is 2. The van der Waals surface area contributed by atoms with E-state index in [1.807, 2.05) is 0 Å². The molecule has 96 valence electrons. The Balaban J connectivity index is 2.30. The number of hydrogen-bond acceptors (Lipinski definition) is 4. The zero-order valence-corrected chi connectivity index (χ0v) is 10.7. The fourth-order valence-corrected chi connectivity index (χ4v) is 1.97. The minimum absolute atomic E-state index is 0.180. The highest BCUT2D eigenvalue weighted by Gasteiger charge is 2.14. The largest absolute Gasteiger partial charge is 0.437 e. The van der Waals surface area contributed by atoms with Gasteiger partial charge in [0.1, 0.15) is 5.75 Å². The van der Waals surface area contributed by atoms with E-state index in [4.69, 9.17) is 33.0 Å². The van der Waals surface area contributed by atoms with Crippen LogP contribution in [0.1, 0.15) is 11.3 Å². The van der Waals surface area contributed by atoms with Crippen LogP contribution in [0.25, 0.3) is 0 Å². The normalized spacial score (nSPS) is 10.7. The van der Waals surface area contributed by atoms with Crippen LogP contribution in [0.15, 0.2) is 18.2 Å². The monoisotopic (exact) mass is 288 g/mol. The topological polar surface area (TPSA) is 78.4 Å². The van der Waals surface area contributed by atoms with E-state index in [0.29, 0.717) is 27.1 Å². The average Bonchev–Trinajstić information content (AvgIpc) is 2.69. The van der Waals surface area contributed by atoms with Gasteiger partial charge in [0.2, 0.25) is 5.88 Å². The van der Waals surface area contributed by atoms with Crippen LogP contribution in [0.2, 0.25) is 10.0 Å². The highest BCUT2D eigenvalue weighted by atomic mass is 35.5. The lowest BCUT2D eigenvalue weighted by Gasteiger charge is -2.05. The summed E-state index contributed by atoms with van der Waals surface area (Å²) in [5.74, 6) is 0.582. The third-order valence-electron chi connectivity index (χ3n) is 2.28. The predicted molar refractivity (Wildman–Crippen MR) is 67.0 cm³/mol. The van der Waals surface area contributed by atoms with Crippen molar-refractivity contribution < 1.29 is 14.9 Å². The van der Waals surface area contributed by atoms with Gasteiger partial charge >= 0.3 is 0 Å². The second kappa shape index (κ2) is 5.58. The molecule has 0 spiro atoms. The molecule has 7 heteroatoms. The van der Waals surface area contributed by atoms with Gasteiger partial charge in [0.25, 0.3) is 0 Å². The Kier molecular flexibility index (Phi) is 4.08. The van der Waals surface area contributed by atoms with Crippen molar-refractivity contribution in [1.82, 2.24) is 10.2 Å². The zero-order valence-electron chi connectivity index (χ0n) is 9.15. The maximum absolute atomic E-state index is 9.20. The standard InChI is InChI=1S/C11H10Cl2N2O3/c12-6-1-7(13)3-8(2-6)18-11-9(4-16)10(5-17)14-15-11/h1-3,16-17H,4-5H2,(H,14,15). The Morgan fingerprint density at radius 2 is 1.78 bits per heavy atom. The van der Waals surface area contributed by atoms with Gasteiger partial charge in [0, 0.05) is 10.0 Å². The van der Waals surface area contributed by atoms with E-state index < -0.39 is 0 Å². The first-order valence-electron chi connectivity index (χ1n) is 5.06. The van der Waals surface area contributed by atoms with Crippen molar-refractivity contribution in [2.75, 3.05) is 0 Å². The number of benzene rings is 1. The van der Waals surface area contributed by atoms with Crippen molar-refractivity contribution in [3.63, 3.8) is 0 Å². The minimum atomic E-state index is -0.296. The first-order chi connectivity index (χ1) is 8.63. The Morgan fingerprint density at radius 3 is 2.33 bits per heavy atom. The molecule has 3 N–H and O–H groups in total. The Bertz CT molecular complexity index is 537. The van der Waals surface area contributed by atoms with E-state index in [1.54, 1.807) is 18.2 Å². The lowest BCUT2D eigenvalue weighted by molar-refractivity contribution is 0.255. The Hall–Kier alpha value is -1.27. The van der Waals surface area contributed by atoms with Gasteiger partial charge < -0.3 is 14.9 Å². The van der Waals surface area contributed by atoms with Crippen molar-refractivity contribution in [1.29, 1.82) is 0 Å². The molecule has 0 radical (unpaired) electrons. The molecule has 0 unspecified atom stereocenters. The summed E-state index contributed by atoms with van der Waals surface area (Å²) in [7, 11) is 0. The van der Waals surface area contributed by atoms with Crippen LogP contribution in [0.3, 0.4) is 0 Å². The molecule has 18 heavy (non-hydrogen) atoms. The highest BCUT2D eigenvalue weighted by molar-refractivity contribution is 6.34. The second-order valence-corrected chi connectivity index (χ2v) is 4.38. The number of ether oxygens (including phenoxy) is 1. The summed E-state index contributed by atoms with van der Waals surface area (Å²) < 4.78 is 5.46. The number of nitrogens with one attached hydrogen (secondary N) is 1. The summed E-state index contributed by atoms with van der Waals surface area (Å²) in [6.07, 6.45) is 0. The first kappa shape index (κ1) is 13.2. The van der Waals surface area contributed by atoms with Crippen LogP contribution < -0.4 is 4.74 Å². The van der Waals surface area contributed by atoms with E-state index in [1.165, 1.54) is 0 Å². The van der Waals surface area contributed by atoms with Crippen molar-refractivity contribution in [3.05, 3.63) is 39.5 Å². The predicted octanol–water partition coefficient (Wildman–Crippen LogP) is 2.49. The number of nitrogens with zero attached hydrogens (tertiary/aromatic N) is 1. The SMILES string of the molecule is OCc1[nH]nc(Oc2cc(Cl)cc(Cl)c2)c1CO. The molecule has 0 aliphatic heterocycles. The number of aliphatic hydroxyl groups is 2. The molecule has 0 aliphatic rings. The number of hydrogen-bond donors (Lipinski definition) is 3. The van der Waals surface area contributed by atoms with Gasteiger partial charge in [-0.05, 0) is 18.2 Å². The maximum Gasteiger partial charge on any atom is 0.243 e. The zero-order chi connectivity index (χ0) is 13.1. The van der Waals surface area contributed by atoms with E-state index in [2.05, 4.69) is 10.2 Å². The molecule has 2 aromatic rings. The number of H-pyrrole nitrogens is 1. The smallest absolute Gasteiger partial charge is 0.243 e. The Morgan fingerprint density at radius 1 is 1.11 bits per heavy atom. The van der Waals surface area contributed by atoms with Gasteiger partial charge in [0.05, 0.1) is 24.5 Å². The molecule has 2 rings (SSSR count). The van der Waals surface area contributed by atoms with Crippen LogP contribution in [-0.2, 0) is 13.2 Å². The van der Waals surface area contributed by atoms with Crippen LogP contribution in [-0.4, -0.2) is 20.4 Å². The quantitative estimate of drug-likeness (QED) is 0.808. The van der Waals surface area contributed by atoms with Gasteiger partial charge in [-0.2, -0.15) is 0 Å². The third-order valence-corrected chi connectivity index (χ3v) is 2.72.